The van der Waals surface area contributed by atoms with Crippen LogP contribution >= 0.6 is 0 Å². The lowest BCUT2D eigenvalue weighted by Gasteiger charge is -2.36. The summed E-state index contributed by atoms with van der Waals surface area (Å²) in [6, 6.07) is 11.7. The van der Waals surface area contributed by atoms with Gasteiger partial charge in [0.25, 0.3) is 10.2 Å². The maximum absolute atomic E-state index is 12.2. The number of nitrogens with zero attached hydrogens (tertiary/aromatic N) is 5. The summed E-state index contributed by atoms with van der Waals surface area (Å²) in [6.45, 7) is 1.76. The molecule has 0 aliphatic carbocycles. The first-order valence-electron chi connectivity index (χ1n) is 7.66. The Morgan fingerprint density at radius 1 is 1.17 bits per heavy atom. The zero-order chi connectivity index (χ0) is 17.3. The number of hydrogen-bond acceptors (Lipinski definition) is 5. The molecule has 2 aromatic rings. The van der Waals surface area contributed by atoms with E-state index in [2.05, 4.69) is 11.1 Å². The van der Waals surface area contributed by atoms with E-state index in [1.807, 2.05) is 35.2 Å². The van der Waals surface area contributed by atoms with Crippen molar-refractivity contribution in [2.45, 2.75) is 0 Å². The Morgan fingerprint density at radius 2 is 1.83 bits per heavy atom. The molecule has 8 heteroatoms. The molecule has 1 aromatic carbocycles. The summed E-state index contributed by atoms with van der Waals surface area (Å²) in [7, 11) is -0.345. The van der Waals surface area contributed by atoms with E-state index in [0.717, 1.165) is 10.9 Å². The minimum atomic E-state index is -3.40. The number of rotatable bonds is 3. The van der Waals surface area contributed by atoms with Crippen molar-refractivity contribution in [1.82, 2.24) is 13.6 Å². The van der Waals surface area contributed by atoms with Crippen molar-refractivity contribution in [3.63, 3.8) is 0 Å². The van der Waals surface area contributed by atoms with Crippen LogP contribution in [0.2, 0.25) is 0 Å². The van der Waals surface area contributed by atoms with Crippen molar-refractivity contribution in [1.29, 1.82) is 5.26 Å². The van der Waals surface area contributed by atoms with Crippen molar-refractivity contribution in [3.8, 4) is 6.07 Å². The number of piperazine rings is 1. The van der Waals surface area contributed by atoms with Crippen molar-refractivity contribution in [2.75, 3.05) is 45.2 Å². The molecule has 2 heterocycles. The van der Waals surface area contributed by atoms with Crippen molar-refractivity contribution < 1.29 is 8.42 Å². The van der Waals surface area contributed by atoms with Gasteiger partial charge in [-0.25, -0.2) is 4.98 Å². The van der Waals surface area contributed by atoms with Gasteiger partial charge in [-0.15, -0.1) is 0 Å². The Hall–Kier alpha value is -2.21. The third-order valence-electron chi connectivity index (χ3n) is 4.15. The predicted molar refractivity (Wildman–Crippen MR) is 92.9 cm³/mol. The normalized spacial score (nSPS) is 16.5. The molecule has 126 valence electrons. The van der Waals surface area contributed by atoms with Crippen LogP contribution in [0.4, 0.5) is 5.82 Å². The summed E-state index contributed by atoms with van der Waals surface area (Å²) >= 11 is 0. The van der Waals surface area contributed by atoms with Gasteiger partial charge in [0.1, 0.15) is 11.9 Å². The van der Waals surface area contributed by atoms with Gasteiger partial charge in [0.2, 0.25) is 0 Å². The smallest absolute Gasteiger partial charge is 0.281 e. The summed E-state index contributed by atoms with van der Waals surface area (Å²) < 4.78 is 27.1. The first-order valence-corrected chi connectivity index (χ1v) is 9.05. The van der Waals surface area contributed by atoms with Gasteiger partial charge < -0.3 is 4.90 Å². The minimum Gasteiger partial charge on any atom is -0.353 e. The molecule has 0 N–H and O–H groups in total. The Labute approximate surface area is 141 Å². The minimum absolute atomic E-state index is 0.375. The third kappa shape index (κ3) is 2.94. The Bertz CT molecular complexity index is 896. The molecule has 1 aliphatic rings. The average molecular weight is 345 g/mol. The van der Waals surface area contributed by atoms with Crippen LogP contribution < -0.4 is 4.90 Å². The standard InChI is InChI=1S/C16H19N5O2S/c1-19(2)24(22,23)21-9-7-20(8-10-21)16-14(12-17)11-13-5-3-4-6-15(13)18-16/h3-6,11H,7-10H2,1-2H3. The molecule has 24 heavy (non-hydrogen) atoms. The van der Waals surface area contributed by atoms with Crippen LogP contribution in [0.1, 0.15) is 5.56 Å². The molecule has 0 unspecified atom stereocenters. The van der Waals surface area contributed by atoms with E-state index in [1.54, 1.807) is 0 Å². The second-order valence-corrected chi connectivity index (χ2v) is 7.98. The lowest BCUT2D eigenvalue weighted by atomic mass is 10.1. The van der Waals surface area contributed by atoms with E-state index < -0.39 is 10.2 Å². The number of nitriles is 1. The van der Waals surface area contributed by atoms with Crippen LogP contribution in [0.25, 0.3) is 10.9 Å². The molecule has 0 radical (unpaired) electrons. The van der Waals surface area contributed by atoms with Gasteiger partial charge in [0, 0.05) is 45.7 Å². The van der Waals surface area contributed by atoms with Gasteiger partial charge in [-0.05, 0) is 12.1 Å². The van der Waals surface area contributed by atoms with E-state index in [9.17, 15) is 13.7 Å². The van der Waals surface area contributed by atoms with E-state index in [4.69, 9.17) is 0 Å². The third-order valence-corrected chi connectivity index (χ3v) is 6.09. The van der Waals surface area contributed by atoms with E-state index >= 15 is 0 Å². The van der Waals surface area contributed by atoms with Gasteiger partial charge in [-0.1, -0.05) is 18.2 Å². The number of pyridine rings is 1. The molecule has 0 amide bonds. The highest BCUT2D eigenvalue weighted by Gasteiger charge is 2.29. The molecule has 1 aliphatic heterocycles. The SMILES string of the molecule is CN(C)S(=O)(=O)N1CCN(c2nc3ccccc3cc2C#N)CC1. The first-order chi connectivity index (χ1) is 11.4. The predicted octanol–water partition coefficient (Wildman–Crippen LogP) is 1.03. The lowest BCUT2D eigenvalue weighted by molar-refractivity contribution is 0.355. The number of hydrogen-bond donors (Lipinski definition) is 0. The van der Waals surface area contributed by atoms with Crippen LogP contribution in [0.5, 0.6) is 0 Å². The fourth-order valence-electron chi connectivity index (χ4n) is 2.79. The summed E-state index contributed by atoms with van der Waals surface area (Å²) in [4.78, 5) is 6.60. The zero-order valence-electron chi connectivity index (χ0n) is 13.7. The molecule has 1 fully saturated rings. The summed E-state index contributed by atoms with van der Waals surface area (Å²) in [5.74, 6) is 0.623. The molecule has 0 bridgehead atoms. The monoisotopic (exact) mass is 345 g/mol. The molecule has 0 spiro atoms. The number of anilines is 1. The Morgan fingerprint density at radius 3 is 2.46 bits per heavy atom. The molecule has 1 aromatic heterocycles. The highest BCUT2D eigenvalue weighted by Crippen LogP contribution is 2.24. The highest BCUT2D eigenvalue weighted by atomic mass is 32.2. The zero-order valence-corrected chi connectivity index (χ0v) is 14.5. The summed E-state index contributed by atoms with van der Waals surface area (Å²) in [6.07, 6.45) is 0. The van der Waals surface area contributed by atoms with Gasteiger partial charge in [0.15, 0.2) is 0 Å². The largest absolute Gasteiger partial charge is 0.353 e. The number of fused-ring (bicyclic) bond motifs is 1. The molecule has 3 rings (SSSR count). The average Bonchev–Trinajstić information content (AvgIpc) is 2.60. The molecule has 0 atom stereocenters. The van der Waals surface area contributed by atoms with Gasteiger partial charge >= 0.3 is 0 Å². The van der Waals surface area contributed by atoms with Crippen LogP contribution in [-0.4, -0.2) is 62.3 Å². The molecular formula is C16H19N5O2S. The molecule has 7 nitrogen and oxygen atoms in total. The van der Waals surface area contributed by atoms with Crippen molar-refractivity contribution >= 4 is 26.9 Å². The second-order valence-electron chi connectivity index (χ2n) is 5.84. The van der Waals surface area contributed by atoms with Gasteiger partial charge in [-0.2, -0.15) is 22.3 Å². The van der Waals surface area contributed by atoms with Crippen LogP contribution in [0.15, 0.2) is 30.3 Å². The summed E-state index contributed by atoms with van der Waals surface area (Å²) in [5.41, 5.74) is 1.34. The van der Waals surface area contributed by atoms with Crippen LogP contribution in [0, 0.1) is 11.3 Å². The van der Waals surface area contributed by atoms with E-state index in [1.165, 1.54) is 22.7 Å². The number of para-hydroxylation sites is 1. The maximum atomic E-state index is 12.2. The summed E-state index contributed by atoms with van der Waals surface area (Å²) in [5, 5.41) is 10.4. The fraction of sp³-hybridized carbons (Fsp3) is 0.375. The van der Waals surface area contributed by atoms with Crippen molar-refractivity contribution in [2.24, 2.45) is 0 Å². The van der Waals surface area contributed by atoms with Crippen molar-refractivity contribution in [3.05, 3.63) is 35.9 Å². The first kappa shape index (κ1) is 16.6. The number of benzene rings is 1. The number of aromatic nitrogens is 1. The second kappa shape index (κ2) is 6.36. The maximum Gasteiger partial charge on any atom is 0.281 e. The fourth-order valence-corrected chi connectivity index (χ4v) is 3.88. The highest BCUT2D eigenvalue weighted by molar-refractivity contribution is 7.86. The van der Waals surface area contributed by atoms with Gasteiger partial charge in [0.05, 0.1) is 11.1 Å². The quantitative estimate of drug-likeness (QED) is 0.830. The Kier molecular flexibility index (Phi) is 4.41. The topological polar surface area (TPSA) is 80.5 Å². The lowest BCUT2D eigenvalue weighted by Crippen LogP contribution is -2.52. The van der Waals surface area contributed by atoms with E-state index in [0.29, 0.717) is 37.6 Å². The van der Waals surface area contributed by atoms with Crippen LogP contribution in [-0.2, 0) is 10.2 Å². The molecule has 1 saturated heterocycles. The Balaban J connectivity index is 1.87. The van der Waals surface area contributed by atoms with E-state index in [-0.39, 0.29) is 0 Å². The molecular weight excluding hydrogens is 326 g/mol. The molecule has 0 saturated carbocycles. The van der Waals surface area contributed by atoms with Gasteiger partial charge in [-0.3, -0.25) is 0 Å². The van der Waals surface area contributed by atoms with Crippen LogP contribution in [0.3, 0.4) is 0 Å².